The minimum absolute atomic E-state index is 1.06. The molecule has 0 aliphatic rings. The van der Waals surface area contributed by atoms with E-state index in [9.17, 15) is 0 Å². The second-order valence-corrected chi connectivity index (χ2v) is 3.08. The normalized spacial score (nSPS) is 10.8. The molecule has 0 aromatic rings. The molecular weight excluding hydrogens is 148 g/mol. The number of nitrogens with one attached hydrogen (secondary N) is 1. The van der Waals surface area contributed by atoms with Crippen LogP contribution in [-0.2, 0) is 0 Å². The van der Waals surface area contributed by atoms with Gasteiger partial charge in [0.25, 0.3) is 0 Å². The van der Waals surface area contributed by atoms with Crippen LogP contribution in [0.2, 0.25) is 0 Å². The lowest BCUT2D eigenvalue weighted by Crippen LogP contribution is -2.07. The van der Waals surface area contributed by atoms with Crippen molar-refractivity contribution in [2.45, 2.75) is 45.4 Å². The molecule has 3 N–H and O–H groups in total. The van der Waals surface area contributed by atoms with Gasteiger partial charge in [-0.3, -0.25) is 0 Å². The molecule has 0 aromatic carbocycles. The predicted molar refractivity (Wildman–Crippen MR) is 54.7 cm³/mol. The van der Waals surface area contributed by atoms with Crippen LogP contribution in [0.5, 0.6) is 0 Å². The molecule has 12 heavy (non-hydrogen) atoms. The molecule has 2 heteroatoms. The first-order valence-electron chi connectivity index (χ1n) is 5.02. The molecule has 0 fully saturated rings. The van der Waals surface area contributed by atoms with E-state index in [0.717, 1.165) is 6.54 Å². The lowest BCUT2D eigenvalue weighted by molar-refractivity contribution is 0.598. The summed E-state index contributed by atoms with van der Waals surface area (Å²) >= 11 is 0. The predicted octanol–water partition coefficient (Wildman–Crippen LogP) is 2.37. The second kappa shape index (κ2) is 10.3. The highest BCUT2D eigenvalue weighted by Crippen LogP contribution is 2.03. The highest BCUT2D eigenvalue weighted by Gasteiger charge is 1.87. The van der Waals surface area contributed by atoms with Crippen molar-refractivity contribution in [3.8, 4) is 0 Å². The smallest absolute Gasteiger partial charge is 0.0141 e. The molecule has 0 bridgehead atoms. The molecule has 0 aliphatic heterocycles. The van der Waals surface area contributed by atoms with Gasteiger partial charge in [-0.25, -0.2) is 0 Å². The first kappa shape index (κ1) is 11.3. The largest absolute Gasteiger partial charge is 0.403 e. The standard InChI is InChI=1S/C10H22N2/c1-2-3-4-5-6-7-9-12-10-8-11/h8,10,12H,2-7,9,11H2,1H3/b10-8+. The van der Waals surface area contributed by atoms with Crippen molar-refractivity contribution in [3.63, 3.8) is 0 Å². The maximum absolute atomic E-state index is 5.17. The lowest BCUT2D eigenvalue weighted by Gasteiger charge is -2.00. The van der Waals surface area contributed by atoms with Gasteiger partial charge in [0.1, 0.15) is 0 Å². The van der Waals surface area contributed by atoms with Crippen molar-refractivity contribution in [2.75, 3.05) is 6.54 Å². The van der Waals surface area contributed by atoms with Crippen LogP contribution in [0.15, 0.2) is 12.4 Å². The molecule has 2 nitrogen and oxygen atoms in total. The van der Waals surface area contributed by atoms with E-state index in [1.165, 1.54) is 44.7 Å². The zero-order valence-electron chi connectivity index (χ0n) is 8.18. The van der Waals surface area contributed by atoms with Gasteiger partial charge in [-0.1, -0.05) is 39.0 Å². The van der Waals surface area contributed by atoms with Crippen molar-refractivity contribution in [2.24, 2.45) is 5.73 Å². The summed E-state index contributed by atoms with van der Waals surface area (Å²) in [7, 11) is 0. The van der Waals surface area contributed by atoms with Gasteiger partial charge in [-0.2, -0.15) is 0 Å². The number of nitrogens with two attached hydrogens (primary N) is 1. The average molecular weight is 170 g/mol. The fourth-order valence-electron chi connectivity index (χ4n) is 1.16. The molecule has 0 radical (unpaired) electrons. The molecule has 0 aliphatic carbocycles. The van der Waals surface area contributed by atoms with Crippen LogP contribution >= 0.6 is 0 Å². The van der Waals surface area contributed by atoms with Crippen LogP contribution < -0.4 is 11.1 Å². The third kappa shape index (κ3) is 9.34. The van der Waals surface area contributed by atoms with Crippen LogP contribution in [0, 0.1) is 0 Å². The van der Waals surface area contributed by atoms with Gasteiger partial charge in [0, 0.05) is 18.9 Å². The van der Waals surface area contributed by atoms with Gasteiger partial charge in [0.2, 0.25) is 0 Å². The molecular formula is C10H22N2. The first-order valence-corrected chi connectivity index (χ1v) is 5.02. The SMILES string of the molecule is CCCCCCCCN/C=C/N. The second-order valence-electron chi connectivity index (χ2n) is 3.08. The van der Waals surface area contributed by atoms with Crippen LogP contribution in [0.3, 0.4) is 0 Å². The summed E-state index contributed by atoms with van der Waals surface area (Å²) in [5, 5.41) is 3.12. The minimum atomic E-state index is 1.06. The van der Waals surface area contributed by atoms with Gasteiger partial charge in [-0.15, -0.1) is 0 Å². The molecule has 0 unspecified atom stereocenters. The summed E-state index contributed by atoms with van der Waals surface area (Å²) in [6, 6.07) is 0. The Kier molecular flexibility index (Phi) is 9.77. The van der Waals surface area contributed by atoms with Crippen molar-refractivity contribution < 1.29 is 0 Å². The summed E-state index contributed by atoms with van der Waals surface area (Å²) < 4.78 is 0. The van der Waals surface area contributed by atoms with Crippen molar-refractivity contribution in [3.05, 3.63) is 12.4 Å². The van der Waals surface area contributed by atoms with E-state index in [1.54, 1.807) is 6.20 Å². The van der Waals surface area contributed by atoms with Crippen molar-refractivity contribution in [1.82, 2.24) is 5.32 Å². The Morgan fingerprint density at radius 3 is 2.42 bits per heavy atom. The van der Waals surface area contributed by atoms with Gasteiger partial charge >= 0.3 is 0 Å². The highest BCUT2D eigenvalue weighted by atomic mass is 14.8. The Balaban J connectivity index is 2.81. The number of unbranched alkanes of at least 4 members (excludes halogenated alkanes) is 5. The Labute approximate surface area is 76.2 Å². The molecule has 0 saturated carbocycles. The van der Waals surface area contributed by atoms with Crippen molar-refractivity contribution in [1.29, 1.82) is 0 Å². The third-order valence-corrected chi connectivity index (χ3v) is 1.89. The van der Waals surface area contributed by atoms with E-state index in [0.29, 0.717) is 0 Å². The van der Waals surface area contributed by atoms with E-state index in [4.69, 9.17) is 5.73 Å². The van der Waals surface area contributed by atoms with E-state index in [1.807, 2.05) is 0 Å². The van der Waals surface area contributed by atoms with E-state index >= 15 is 0 Å². The molecule has 72 valence electrons. The van der Waals surface area contributed by atoms with E-state index in [2.05, 4.69) is 12.2 Å². The third-order valence-electron chi connectivity index (χ3n) is 1.89. The van der Waals surface area contributed by atoms with Gasteiger partial charge in [0.05, 0.1) is 0 Å². The highest BCUT2D eigenvalue weighted by molar-refractivity contribution is 4.71. The summed E-state index contributed by atoms with van der Waals surface area (Å²) in [5.41, 5.74) is 5.17. The Bertz CT molecular complexity index is 100. The summed E-state index contributed by atoms with van der Waals surface area (Å²) in [6.45, 7) is 3.30. The van der Waals surface area contributed by atoms with Crippen LogP contribution in [0.4, 0.5) is 0 Å². The van der Waals surface area contributed by atoms with Crippen molar-refractivity contribution >= 4 is 0 Å². The molecule has 0 spiro atoms. The van der Waals surface area contributed by atoms with Crippen LogP contribution in [0.25, 0.3) is 0 Å². The molecule has 0 aromatic heterocycles. The lowest BCUT2D eigenvalue weighted by atomic mass is 10.1. The fraction of sp³-hybridized carbons (Fsp3) is 0.800. The monoisotopic (exact) mass is 170 g/mol. The number of rotatable bonds is 8. The topological polar surface area (TPSA) is 38.0 Å². The average Bonchev–Trinajstić information content (AvgIpc) is 2.10. The number of hydrogen-bond donors (Lipinski definition) is 2. The van der Waals surface area contributed by atoms with E-state index in [-0.39, 0.29) is 0 Å². The Morgan fingerprint density at radius 2 is 1.75 bits per heavy atom. The first-order chi connectivity index (χ1) is 5.91. The maximum Gasteiger partial charge on any atom is 0.0141 e. The molecule has 0 rings (SSSR count). The zero-order chi connectivity index (χ0) is 9.07. The quantitative estimate of drug-likeness (QED) is 0.549. The molecule has 0 atom stereocenters. The van der Waals surface area contributed by atoms with Gasteiger partial charge in [0.15, 0.2) is 0 Å². The molecule has 0 amide bonds. The van der Waals surface area contributed by atoms with Crippen LogP contribution in [-0.4, -0.2) is 6.54 Å². The zero-order valence-corrected chi connectivity index (χ0v) is 8.18. The van der Waals surface area contributed by atoms with Crippen LogP contribution in [0.1, 0.15) is 45.4 Å². The Morgan fingerprint density at radius 1 is 1.08 bits per heavy atom. The van der Waals surface area contributed by atoms with E-state index < -0.39 is 0 Å². The molecule has 0 saturated heterocycles. The summed E-state index contributed by atoms with van der Waals surface area (Å²) in [5.74, 6) is 0. The van der Waals surface area contributed by atoms with Gasteiger partial charge in [-0.05, 0) is 6.42 Å². The maximum atomic E-state index is 5.17. The Hall–Kier alpha value is -0.660. The number of hydrogen-bond acceptors (Lipinski definition) is 2. The van der Waals surface area contributed by atoms with Gasteiger partial charge < -0.3 is 11.1 Å². The minimum Gasteiger partial charge on any atom is -0.403 e. The summed E-state index contributed by atoms with van der Waals surface area (Å²) in [6.07, 6.45) is 11.4. The fourth-order valence-corrected chi connectivity index (χ4v) is 1.16. The molecule has 0 heterocycles. The summed E-state index contributed by atoms with van der Waals surface area (Å²) in [4.78, 5) is 0.